The molecule has 0 aliphatic carbocycles. The van der Waals surface area contributed by atoms with Crippen LogP contribution in [0.5, 0.6) is 0 Å². The maximum absolute atomic E-state index is 13.6. The second kappa shape index (κ2) is 9.80. The van der Waals surface area contributed by atoms with Gasteiger partial charge in [-0.15, -0.1) is 0 Å². The summed E-state index contributed by atoms with van der Waals surface area (Å²) in [6, 6.07) is 19.0. The van der Waals surface area contributed by atoms with E-state index < -0.39 is 5.54 Å². The van der Waals surface area contributed by atoms with Gasteiger partial charge in [-0.05, 0) is 74.8 Å². The predicted molar refractivity (Wildman–Crippen MR) is 139 cm³/mol. The van der Waals surface area contributed by atoms with E-state index in [0.717, 1.165) is 37.7 Å². The molecule has 1 N–H and O–H groups in total. The number of hydrogen-bond donors (Lipinski definition) is 1. The van der Waals surface area contributed by atoms with Crippen molar-refractivity contribution in [3.63, 3.8) is 0 Å². The Kier molecular flexibility index (Phi) is 6.59. The Balaban J connectivity index is 1.21. The van der Waals surface area contributed by atoms with E-state index in [2.05, 4.69) is 39.5 Å². The minimum atomic E-state index is -0.902. The third-order valence-electron chi connectivity index (χ3n) is 7.79. The van der Waals surface area contributed by atoms with Crippen LogP contribution in [0, 0.1) is 5.92 Å². The normalized spacial score (nSPS) is 21.8. The van der Waals surface area contributed by atoms with Crippen LogP contribution in [0.2, 0.25) is 0 Å². The first kappa shape index (κ1) is 23.5. The lowest BCUT2D eigenvalue weighted by Gasteiger charge is -2.43. The van der Waals surface area contributed by atoms with Gasteiger partial charge in [-0.25, -0.2) is 0 Å². The third kappa shape index (κ3) is 5.09. The highest BCUT2D eigenvalue weighted by Gasteiger charge is 2.47. The average molecular weight is 470 g/mol. The summed E-state index contributed by atoms with van der Waals surface area (Å²) in [6.45, 7) is 3.70. The van der Waals surface area contributed by atoms with Gasteiger partial charge in [-0.2, -0.15) is 0 Å². The number of aryl methyl sites for hydroxylation is 1. The van der Waals surface area contributed by atoms with E-state index in [1.54, 1.807) is 0 Å². The lowest BCUT2D eigenvalue weighted by atomic mass is 9.84. The molecule has 0 radical (unpaired) electrons. The fraction of sp³-hybridized carbons (Fsp3) is 0.433. The highest BCUT2D eigenvalue weighted by atomic mass is 16.2. The zero-order valence-corrected chi connectivity index (χ0v) is 20.7. The fourth-order valence-electron chi connectivity index (χ4n) is 6.13. The molecule has 0 unspecified atom stereocenters. The molecule has 2 aromatic carbocycles. The summed E-state index contributed by atoms with van der Waals surface area (Å²) in [7, 11) is 0. The molecule has 5 rings (SSSR count). The highest BCUT2D eigenvalue weighted by Crippen LogP contribution is 2.41. The first-order chi connectivity index (χ1) is 16.9. The van der Waals surface area contributed by atoms with Crippen LogP contribution in [0.3, 0.4) is 0 Å². The average Bonchev–Trinajstić information content (AvgIpc) is 3.12. The van der Waals surface area contributed by atoms with Gasteiger partial charge in [0, 0.05) is 36.3 Å². The summed E-state index contributed by atoms with van der Waals surface area (Å²) < 4.78 is 0. The van der Waals surface area contributed by atoms with Crippen molar-refractivity contribution in [3.8, 4) is 0 Å². The number of nitrogens with one attached hydrogen (secondary N) is 1. The quantitative estimate of drug-likeness (QED) is 0.525. The summed E-state index contributed by atoms with van der Waals surface area (Å²) in [4.78, 5) is 32.9. The number of benzene rings is 2. The molecule has 1 aromatic heterocycles. The molecule has 35 heavy (non-hydrogen) atoms. The van der Waals surface area contributed by atoms with E-state index in [-0.39, 0.29) is 23.9 Å². The second-order valence-electron chi connectivity index (χ2n) is 10.8. The van der Waals surface area contributed by atoms with Gasteiger partial charge in [0.1, 0.15) is 5.54 Å². The molecular formula is C30H35N3O2. The Hall–Kier alpha value is -3.21. The molecule has 3 aromatic rings. The number of rotatable bonds is 7. The third-order valence-corrected chi connectivity index (χ3v) is 7.79. The first-order valence-electron chi connectivity index (χ1n) is 12.9. The molecule has 0 saturated carbocycles. The lowest BCUT2D eigenvalue weighted by molar-refractivity contribution is -0.145. The van der Waals surface area contributed by atoms with Crippen molar-refractivity contribution >= 4 is 22.6 Å². The Morgan fingerprint density at radius 2 is 1.66 bits per heavy atom. The molecule has 2 aliphatic heterocycles. The Morgan fingerprint density at radius 3 is 2.40 bits per heavy atom. The van der Waals surface area contributed by atoms with Crippen molar-refractivity contribution in [1.29, 1.82) is 0 Å². The number of fused-ring (bicyclic) bond motifs is 3. The van der Waals surface area contributed by atoms with Gasteiger partial charge in [0.15, 0.2) is 0 Å². The molecule has 182 valence electrons. The first-order valence-corrected chi connectivity index (χ1v) is 12.9. The maximum atomic E-state index is 13.6. The minimum absolute atomic E-state index is 0.0586. The van der Waals surface area contributed by atoms with Crippen molar-refractivity contribution < 1.29 is 9.59 Å². The van der Waals surface area contributed by atoms with Crippen LogP contribution in [0.4, 0.5) is 0 Å². The number of amides is 2. The largest absolute Gasteiger partial charge is 0.342 e. The number of piperidine rings is 1. The van der Waals surface area contributed by atoms with E-state index in [1.807, 2.05) is 56.6 Å². The zero-order chi connectivity index (χ0) is 24.4. The van der Waals surface area contributed by atoms with Gasteiger partial charge >= 0.3 is 0 Å². The van der Waals surface area contributed by atoms with E-state index in [9.17, 15) is 9.59 Å². The number of carbonyl (C=O) groups excluding carboxylic acids is 2. The Morgan fingerprint density at radius 1 is 0.971 bits per heavy atom. The number of pyridine rings is 1. The van der Waals surface area contributed by atoms with Crippen LogP contribution in [0.15, 0.2) is 67.0 Å². The Labute approximate surface area is 207 Å². The van der Waals surface area contributed by atoms with Gasteiger partial charge in [0.25, 0.3) is 0 Å². The van der Waals surface area contributed by atoms with Crippen molar-refractivity contribution in [3.05, 3.63) is 78.1 Å². The van der Waals surface area contributed by atoms with Gasteiger partial charge in [0.2, 0.25) is 11.8 Å². The van der Waals surface area contributed by atoms with Crippen molar-refractivity contribution in [2.75, 3.05) is 0 Å². The molecule has 5 heteroatoms. The molecule has 3 heterocycles. The number of aromatic nitrogens is 1. The van der Waals surface area contributed by atoms with E-state index in [1.165, 1.54) is 16.3 Å². The van der Waals surface area contributed by atoms with E-state index in [4.69, 9.17) is 0 Å². The maximum Gasteiger partial charge on any atom is 0.248 e. The summed E-state index contributed by atoms with van der Waals surface area (Å²) >= 11 is 0. The van der Waals surface area contributed by atoms with Crippen molar-refractivity contribution in [2.24, 2.45) is 5.92 Å². The minimum Gasteiger partial charge on any atom is -0.342 e. The van der Waals surface area contributed by atoms with Crippen LogP contribution in [-0.2, 0) is 22.4 Å². The SMILES string of the molecule is CC(C)(NC(=O)CCc1ccccc1)C(=O)N1[C@H]2CC[C@H]1CC(Cc1cncc3ccccc13)C2. The van der Waals surface area contributed by atoms with Gasteiger partial charge in [0.05, 0.1) is 0 Å². The molecule has 2 aliphatic rings. The topological polar surface area (TPSA) is 62.3 Å². The zero-order valence-electron chi connectivity index (χ0n) is 20.7. The summed E-state index contributed by atoms with van der Waals surface area (Å²) in [5, 5.41) is 5.50. The molecule has 2 amide bonds. The highest BCUT2D eigenvalue weighted by molar-refractivity contribution is 5.91. The molecule has 2 bridgehead atoms. The van der Waals surface area contributed by atoms with Crippen molar-refractivity contribution in [1.82, 2.24) is 15.2 Å². The fourth-order valence-corrected chi connectivity index (χ4v) is 6.13. The summed E-state index contributed by atoms with van der Waals surface area (Å²) in [5.74, 6) is 0.536. The van der Waals surface area contributed by atoms with Gasteiger partial charge < -0.3 is 10.2 Å². The molecular weight excluding hydrogens is 434 g/mol. The second-order valence-corrected chi connectivity index (χ2v) is 10.8. The number of hydrogen-bond acceptors (Lipinski definition) is 3. The van der Waals surface area contributed by atoms with E-state index in [0.29, 0.717) is 18.8 Å². The van der Waals surface area contributed by atoms with Crippen molar-refractivity contribution in [2.45, 2.75) is 76.4 Å². The molecule has 0 spiro atoms. The molecule has 2 atom stereocenters. The number of nitrogens with zero attached hydrogens (tertiary/aromatic N) is 2. The van der Waals surface area contributed by atoms with Gasteiger partial charge in [-0.3, -0.25) is 14.6 Å². The monoisotopic (exact) mass is 469 g/mol. The summed E-state index contributed by atoms with van der Waals surface area (Å²) in [6.07, 6.45) is 10.1. The molecule has 2 saturated heterocycles. The Bertz CT molecular complexity index is 1190. The predicted octanol–water partition coefficient (Wildman–Crippen LogP) is 5.07. The summed E-state index contributed by atoms with van der Waals surface area (Å²) in [5.41, 5.74) is 1.53. The lowest BCUT2D eigenvalue weighted by Crippen LogP contribution is -2.60. The number of carbonyl (C=O) groups is 2. The van der Waals surface area contributed by atoms with Crippen LogP contribution in [0.25, 0.3) is 10.8 Å². The molecule has 2 fully saturated rings. The van der Waals surface area contributed by atoms with Crippen LogP contribution >= 0.6 is 0 Å². The van der Waals surface area contributed by atoms with Crippen LogP contribution < -0.4 is 5.32 Å². The smallest absolute Gasteiger partial charge is 0.248 e. The van der Waals surface area contributed by atoms with E-state index >= 15 is 0 Å². The van der Waals surface area contributed by atoms with Gasteiger partial charge in [-0.1, -0.05) is 54.6 Å². The standard InChI is InChI=1S/C30H35N3O2/c1-30(2,32-28(34)15-12-21-8-4-3-5-9-21)29(35)33-25-13-14-26(33)18-22(17-25)16-24-20-31-19-23-10-6-7-11-27(23)24/h3-11,19-20,22,25-26H,12-18H2,1-2H3,(H,32,34)/t25-,26-/m0/s1. The molecule has 5 nitrogen and oxygen atoms in total. The van der Waals surface area contributed by atoms with Crippen LogP contribution in [0.1, 0.15) is 57.1 Å². The van der Waals surface area contributed by atoms with Crippen LogP contribution in [-0.4, -0.2) is 39.3 Å².